The average Bonchev–Trinajstić information content (AvgIpc) is 3.07. The van der Waals surface area contributed by atoms with Gasteiger partial charge in [-0.05, 0) is 23.4 Å². The molecule has 22 heavy (non-hydrogen) atoms. The van der Waals surface area contributed by atoms with Crippen LogP contribution in [0.4, 0.5) is 5.69 Å². The molecule has 1 aliphatic heterocycles. The SMILES string of the molecule is NS(=O)(=O)C1CC(=O)N(c2cc(Cl)ccc2-c2nn[nH]n2)C1. The van der Waals surface area contributed by atoms with Gasteiger partial charge < -0.3 is 4.90 Å². The van der Waals surface area contributed by atoms with Crippen LogP contribution in [0, 0.1) is 0 Å². The molecule has 2 heterocycles. The lowest BCUT2D eigenvalue weighted by Crippen LogP contribution is -2.32. The van der Waals surface area contributed by atoms with Gasteiger partial charge in [0.15, 0.2) is 0 Å². The topological polar surface area (TPSA) is 135 Å². The maximum absolute atomic E-state index is 12.2. The highest BCUT2D eigenvalue weighted by molar-refractivity contribution is 7.89. The van der Waals surface area contributed by atoms with E-state index in [1.807, 2.05) is 0 Å². The highest BCUT2D eigenvalue weighted by Gasteiger charge is 2.38. The summed E-state index contributed by atoms with van der Waals surface area (Å²) >= 11 is 5.99. The number of carbonyl (C=O) groups is 1. The predicted molar refractivity (Wildman–Crippen MR) is 78.5 cm³/mol. The first kappa shape index (κ1) is 14.9. The molecule has 1 unspecified atom stereocenters. The number of nitrogens with two attached hydrogens (primary N) is 1. The minimum Gasteiger partial charge on any atom is -0.310 e. The second-order valence-electron chi connectivity index (χ2n) is 4.82. The lowest BCUT2D eigenvalue weighted by atomic mass is 10.1. The van der Waals surface area contributed by atoms with E-state index in [0.29, 0.717) is 16.3 Å². The van der Waals surface area contributed by atoms with Gasteiger partial charge in [0, 0.05) is 23.6 Å². The first-order valence-electron chi connectivity index (χ1n) is 6.21. The third-order valence-corrected chi connectivity index (χ3v) is 4.87. The number of aromatic nitrogens is 4. The molecule has 1 aromatic heterocycles. The molecule has 1 aliphatic rings. The van der Waals surface area contributed by atoms with E-state index in [0.717, 1.165) is 0 Å². The summed E-state index contributed by atoms with van der Waals surface area (Å²) in [5, 5.41) is 18.1. The van der Waals surface area contributed by atoms with E-state index in [2.05, 4.69) is 20.6 Å². The van der Waals surface area contributed by atoms with Crippen LogP contribution < -0.4 is 10.0 Å². The molecule has 1 saturated heterocycles. The fraction of sp³-hybridized carbons (Fsp3) is 0.273. The Hall–Kier alpha value is -2.04. The summed E-state index contributed by atoms with van der Waals surface area (Å²) in [6.07, 6.45) is -0.170. The summed E-state index contributed by atoms with van der Waals surface area (Å²) in [7, 11) is -3.80. The summed E-state index contributed by atoms with van der Waals surface area (Å²) in [6, 6.07) is 4.81. The Morgan fingerprint density at radius 2 is 2.18 bits per heavy atom. The van der Waals surface area contributed by atoms with E-state index >= 15 is 0 Å². The zero-order valence-electron chi connectivity index (χ0n) is 11.1. The third-order valence-electron chi connectivity index (χ3n) is 3.39. The van der Waals surface area contributed by atoms with Crippen LogP contribution in [0.3, 0.4) is 0 Å². The van der Waals surface area contributed by atoms with Crippen LogP contribution in [0.2, 0.25) is 5.02 Å². The van der Waals surface area contributed by atoms with Crippen LogP contribution in [0.15, 0.2) is 18.2 Å². The molecular weight excluding hydrogens is 332 g/mol. The van der Waals surface area contributed by atoms with Gasteiger partial charge in [0.1, 0.15) is 5.25 Å². The molecule has 0 saturated carbocycles. The third kappa shape index (κ3) is 2.67. The quantitative estimate of drug-likeness (QED) is 0.800. The van der Waals surface area contributed by atoms with Crippen molar-refractivity contribution in [3.05, 3.63) is 23.2 Å². The first-order chi connectivity index (χ1) is 10.4. The normalized spacial score (nSPS) is 18.9. The number of H-pyrrole nitrogens is 1. The lowest BCUT2D eigenvalue weighted by molar-refractivity contribution is -0.117. The van der Waals surface area contributed by atoms with Gasteiger partial charge in [-0.15, -0.1) is 10.2 Å². The van der Waals surface area contributed by atoms with Gasteiger partial charge in [0.25, 0.3) is 0 Å². The van der Waals surface area contributed by atoms with E-state index in [9.17, 15) is 13.2 Å². The number of benzene rings is 1. The molecular formula is C11H11ClN6O3S. The average molecular weight is 343 g/mol. The van der Waals surface area contributed by atoms with Crippen LogP contribution >= 0.6 is 11.6 Å². The van der Waals surface area contributed by atoms with Crippen LogP contribution in [0.5, 0.6) is 0 Å². The van der Waals surface area contributed by atoms with Crippen molar-refractivity contribution >= 4 is 33.2 Å². The summed E-state index contributed by atoms with van der Waals surface area (Å²) in [5.74, 6) is -0.0791. The van der Waals surface area contributed by atoms with E-state index in [1.54, 1.807) is 18.2 Å². The van der Waals surface area contributed by atoms with E-state index < -0.39 is 15.3 Å². The van der Waals surface area contributed by atoms with Crippen molar-refractivity contribution in [3.8, 4) is 11.4 Å². The monoisotopic (exact) mass is 342 g/mol. The van der Waals surface area contributed by atoms with Gasteiger partial charge in [-0.25, -0.2) is 13.6 Å². The Bertz CT molecular complexity index is 822. The highest BCUT2D eigenvalue weighted by Crippen LogP contribution is 2.34. The van der Waals surface area contributed by atoms with E-state index in [4.69, 9.17) is 16.7 Å². The molecule has 3 N–H and O–H groups in total. The largest absolute Gasteiger partial charge is 0.310 e. The Balaban J connectivity index is 2.05. The van der Waals surface area contributed by atoms with Crippen molar-refractivity contribution < 1.29 is 13.2 Å². The lowest BCUT2D eigenvalue weighted by Gasteiger charge is -2.19. The standard InChI is InChI=1S/C11H11ClN6O3S/c12-6-1-2-8(11-14-16-17-15-11)9(3-6)18-5-7(4-10(18)19)22(13,20)21/h1-3,7H,4-5H2,(H2,13,20,21)(H,14,15,16,17). The number of nitrogens with one attached hydrogen (secondary N) is 1. The molecule has 0 bridgehead atoms. The molecule has 11 heteroatoms. The van der Waals surface area contributed by atoms with Crippen molar-refractivity contribution in [1.29, 1.82) is 0 Å². The zero-order chi connectivity index (χ0) is 15.9. The fourth-order valence-electron chi connectivity index (χ4n) is 2.32. The number of aromatic amines is 1. The van der Waals surface area contributed by atoms with Crippen molar-refractivity contribution in [3.63, 3.8) is 0 Å². The molecule has 116 valence electrons. The maximum atomic E-state index is 12.2. The highest BCUT2D eigenvalue weighted by atomic mass is 35.5. The number of anilines is 1. The second-order valence-corrected chi connectivity index (χ2v) is 7.10. The van der Waals surface area contributed by atoms with Crippen LogP contribution in [-0.2, 0) is 14.8 Å². The number of nitrogens with zero attached hydrogens (tertiary/aromatic N) is 4. The minimum atomic E-state index is -3.80. The molecule has 9 nitrogen and oxygen atoms in total. The number of hydrogen-bond acceptors (Lipinski definition) is 6. The molecule has 3 rings (SSSR count). The Labute approximate surface area is 130 Å². The molecule has 0 aliphatic carbocycles. The number of sulfonamides is 1. The number of primary sulfonamides is 1. The molecule has 0 spiro atoms. The maximum Gasteiger partial charge on any atom is 0.228 e. The Morgan fingerprint density at radius 3 is 2.77 bits per heavy atom. The first-order valence-corrected chi connectivity index (χ1v) is 8.20. The van der Waals surface area contributed by atoms with Crippen LogP contribution in [0.1, 0.15) is 6.42 Å². The van der Waals surface area contributed by atoms with E-state index in [1.165, 1.54) is 4.90 Å². The van der Waals surface area contributed by atoms with Gasteiger partial charge in [-0.3, -0.25) is 4.79 Å². The molecule has 1 aromatic carbocycles. The summed E-state index contributed by atoms with van der Waals surface area (Å²) in [5.41, 5.74) is 0.937. The van der Waals surface area contributed by atoms with Crippen molar-refractivity contribution in [2.24, 2.45) is 5.14 Å². The second kappa shape index (κ2) is 5.30. The van der Waals surface area contributed by atoms with Gasteiger partial charge in [0.2, 0.25) is 21.8 Å². The van der Waals surface area contributed by atoms with Gasteiger partial charge in [-0.2, -0.15) is 5.21 Å². The molecule has 2 aromatic rings. The molecule has 1 amide bonds. The van der Waals surface area contributed by atoms with Crippen molar-refractivity contribution in [2.75, 3.05) is 11.4 Å². The predicted octanol–water partition coefficient (Wildman–Crippen LogP) is -0.0861. The smallest absolute Gasteiger partial charge is 0.228 e. The molecule has 0 radical (unpaired) electrons. The Morgan fingerprint density at radius 1 is 1.41 bits per heavy atom. The number of amides is 1. The van der Waals surface area contributed by atoms with Crippen molar-refractivity contribution in [1.82, 2.24) is 20.6 Å². The van der Waals surface area contributed by atoms with Crippen LogP contribution in [0.25, 0.3) is 11.4 Å². The Kier molecular flexibility index (Phi) is 3.59. The number of carbonyl (C=O) groups excluding carboxylic acids is 1. The van der Waals surface area contributed by atoms with Crippen LogP contribution in [-0.4, -0.2) is 46.7 Å². The number of halogens is 1. The molecule has 1 atom stereocenters. The molecule has 1 fully saturated rings. The van der Waals surface area contributed by atoms with E-state index in [-0.39, 0.29) is 24.7 Å². The summed E-state index contributed by atoms with van der Waals surface area (Å²) < 4.78 is 22.9. The van der Waals surface area contributed by atoms with Gasteiger partial charge >= 0.3 is 0 Å². The summed E-state index contributed by atoms with van der Waals surface area (Å²) in [6.45, 7) is -0.0388. The van der Waals surface area contributed by atoms with Gasteiger partial charge in [-0.1, -0.05) is 11.6 Å². The number of rotatable bonds is 3. The fourth-order valence-corrected chi connectivity index (χ4v) is 3.22. The number of hydrogen-bond donors (Lipinski definition) is 2. The van der Waals surface area contributed by atoms with Gasteiger partial charge in [0.05, 0.1) is 5.69 Å². The minimum absolute atomic E-state index is 0.0388. The summed E-state index contributed by atoms with van der Waals surface area (Å²) in [4.78, 5) is 13.5. The zero-order valence-corrected chi connectivity index (χ0v) is 12.7. The number of tetrazole rings is 1. The van der Waals surface area contributed by atoms with Crippen molar-refractivity contribution in [2.45, 2.75) is 11.7 Å².